The van der Waals surface area contributed by atoms with Crippen molar-refractivity contribution >= 4 is 28.6 Å². The third kappa shape index (κ3) is 4.13. The summed E-state index contributed by atoms with van der Waals surface area (Å²) >= 11 is 1.83. The van der Waals surface area contributed by atoms with Gasteiger partial charge in [-0.3, -0.25) is 4.79 Å². The highest BCUT2D eigenvalue weighted by atomic mass is 32.2. The number of hydrogen-bond donors (Lipinski definition) is 0. The average molecular weight is 367 g/mol. The molecule has 0 spiro atoms. The summed E-state index contributed by atoms with van der Waals surface area (Å²) < 4.78 is 2.09. The second kappa shape index (κ2) is 8.45. The van der Waals surface area contributed by atoms with Gasteiger partial charge < -0.3 is 9.47 Å². The van der Waals surface area contributed by atoms with Crippen LogP contribution in [0, 0.1) is 6.92 Å². The number of carbonyl (C=O) groups is 1. The molecule has 0 aliphatic rings. The summed E-state index contributed by atoms with van der Waals surface area (Å²) in [6, 6.07) is 17.0. The summed E-state index contributed by atoms with van der Waals surface area (Å²) in [7, 11) is 0. The van der Waals surface area contributed by atoms with Crippen molar-refractivity contribution in [2.24, 2.45) is 0 Å². The van der Waals surface area contributed by atoms with Crippen molar-refractivity contribution in [1.82, 2.24) is 9.47 Å². The lowest BCUT2D eigenvalue weighted by Gasteiger charge is -2.19. The maximum Gasteiger partial charge on any atom is 0.242 e. The van der Waals surface area contributed by atoms with Crippen LogP contribution in [0.2, 0.25) is 0 Å². The van der Waals surface area contributed by atoms with E-state index in [2.05, 4.69) is 60.2 Å². The number of likely N-dealkylation sites (N-methyl/N-ethyl adjacent to an activating group) is 1. The molecule has 0 aliphatic heterocycles. The summed E-state index contributed by atoms with van der Waals surface area (Å²) in [5.74, 6) is 1.10. The quantitative estimate of drug-likeness (QED) is 0.543. The minimum absolute atomic E-state index is 0.172. The number of benzene rings is 2. The van der Waals surface area contributed by atoms with E-state index in [0.717, 1.165) is 24.4 Å². The Morgan fingerprint density at radius 2 is 1.73 bits per heavy atom. The first kappa shape index (κ1) is 18.6. The number of amides is 1. The van der Waals surface area contributed by atoms with Gasteiger partial charge in [-0.2, -0.15) is 0 Å². The highest BCUT2D eigenvalue weighted by molar-refractivity contribution is 7.98. The molecule has 0 N–H and O–H groups in total. The highest BCUT2D eigenvalue weighted by Gasteiger charge is 2.14. The monoisotopic (exact) mass is 366 g/mol. The van der Waals surface area contributed by atoms with E-state index in [0.29, 0.717) is 6.54 Å². The Balaban J connectivity index is 1.82. The van der Waals surface area contributed by atoms with E-state index in [-0.39, 0.29) is 5.91 Å². The fraction of sp³-hybridized carbons (Fsp3) is 0.318. The maximum absolute atomic E-state index is 12.5. The summed E-state index contributed by atoms with van der Waals surface area (Å²) in [4.78, 5) is 15.7. The molecule has 0 bridgehead atoms. The van der Waals surface area contributed by atoms with Crippen LogP contribution in [0.15, 0.2) is 59.6 Å². The number of aromatic nitrogens is 1. The first-order valence-electron chi connectivity index (χ1n) is 9.16. The Kier molecular flexibility index (Phi) is 6.04. The molecule has 0 atom stereocenters. The van der Waals surface area contributed by atoms with Gasteiger partial charge in [0.05, 0.1) is 0 Å². The van der Waals surface area contributed by atoms with Crippen LogP contribution in [-0.2, 0) is 17.1 Å². The summed E-state index contributed by atoms with van der Waals surface area (Å²) in [5, 5.41) is 1.22. The lowest BCUT2D eigenvalue weighted by Crippen LogP contribution is -2.33. The van der Waals surface area contributed by atoms with Crippen LogP contribution in [-0.4, -0.2) is 28.5 Å². The molecule has 136 valence electrons. The number of para-hydroxylation sites is 1. The number of carbonyl (C=O) groups excluding carboxylic acids is 1. The van der Waals surface area contributed by atoms with E-state index in [9.17, 15) is 4.79 Å². The Morgan fingerprint density at radius 3 is 2.42 bits per heavy atom. The average Bonchev–Trinajstić information content (AvgIpc) is 3.00. The van der Waals surface area contributed by atoms with Crippen molar-refractivity contribution in [2.75, 3.05) is 13.1 Å². The fourth-order valence-electron chi connectivity index (χ4n) is 3.13. The largest absolute Gasteiger partial charge is 0.342 e. The van der Waals surface area contributed by atoms with Crippen LogP contribution in [0.5, 0.6) is 0 Å². The molecule has 0 saturated carbocycles. The van der Waals surface area contributed by atoms with Gasteiger partial charge in [0, 0.05) is 40.8 Å². The fourth-order valence-corrected chi connectivity index (χ4v) is 4.17. The Hall–Kier alpha value is -2.20. The van der Waals surface area contributed by atoms with Gasteiger partial charge in [-0.15, -0.1) is 11.8 Å². The van der Waals surface area contributed by atoms with E-state index in [4.69, 9.17) is 0 Å². The smallest absolute Gasteiger partial charge is 0.242 e. The SMILES string of the molecule is CCN(CC)C(=O)Cn1cc(SCc2ccc(C)cc2)c2ccccc21. The molecule has 0 saturated heterocycles. The van der Waals surface area contributed by atoms with Gasteiger partial charge in [0.15, 0.2) is 0 Å². The van der Waals surface area contributed by atoms with E-state index in [1.54, 1.807) is 0 Å². The van der Waals surface area contributed by atoms with E-state index in [1.165, 1.54) is 21.4 Å². The maximum atomic E-state index is 12.5. The Bertz CT molecular complexity index is 879. The molecule has 1 amide bonds. The predicted octanol–water partition coefficient (Wildman–Crippen LogP) is 5.11. The lowest BCUT2D eigenvalue weighted by molar-refractivity contribution is -0.131. The topological polar surface area (TPSA) is 25.2 Å². The van der Waals surface area contributed by atoms with Crippen LogP contribution in [0.4, 0.5) is 0 Å². The minimum Gasteiger partial charge on any atom is -0.342 e. The number of fused-ring (bicyclic) bond motifs is 1. The molecule has 3 rings (SSSR count). The molecule has 3 aromatic rings. The molecule has 4 heteroatoms. The zero-order valence-corrected chi connectivity index (χ0v) is 16.6. The van der Waals surface area contributed by atoms with Gasteiger partial charge in [-0.1, -0.05) is 48.0 Å². The Labute approximate surface area is 160 Å². The third-order valence-electron chi connectivity index (χ3n) is 4.69. The van der Waals surface area contributed by atoms with E-state index >= 15 is 0 Å². The zero-order chi connectivity index (χ0) is 18.5. The molecule has 3 nitrogen and oxygen atoms in total. The highest BCUT2D eigenvalue weighted by Crippen LogP contribution is 2.32. The lowest BCUT2D eigenvalue weighted by atomic mass is 10.2. The van der Waals surface area contributed by atoms with Crippen molar-refractivity contribution in [1.29, 1.82) is 0 Å². The van der Waals surface area contributed by atoms with Crippen LogP contribution in [0.25, 0.3) is 10.9 Å². The normalized spacial score (nSPS) is 11.0. The molecule has 2 aromatic carbocycles. The van der Waals surface area contributed by atoms with Crippen LogP contribution in [0.3, 0.4) is 0 Å². The summed E-state index contributed by atoms with van der Waals surface area (Å²) in [6.07, 6.45) is 2.13. The van der Waals surface area contributed by atoms with Gasteiger partial charge in [0.2, 0.25) is 5.91 Å². The minimum atomic E-state index is 0.172. The van der Waals surface area contributed by atoms with Crippen molar-refractivity contribution < 1.29 is 4.79 Å². The summed E-state index contributed by atoms with van der Waals surface area (Å²) in [6.45, 7) is 8.06. The molecule has 0 aliphatic carbocycles. The standard InChI is InChI=1S/C22H26N2OS/c1-4-23(5-2)22(25)15-24-14-21(19-8-6-7-9-20(19)24)26-16-18-12-10-17(3)11-13-18/h6-14H,4-5,15-16H2,1-3H3. The first-order chi connectivity index (χ1) is 12.6. The molecular weight excluding hydrogens is 340 g/mol. The van der Waals surface area contributed by atoms with E-state index < -0.39 is 0 Å². The number of aryl methyl sites for hydroxylation is 1. The Morgan fingerprint density at radius 1 is 1.04 bits per heavy atom. The molecular formula is C22H26N2OS. The number of hydrogen-bond acceptors (Lipinski definition) is 2. The molecule has 0 fully saturated rings. The van der Waals surface area contributed by atoms with Crippen LogP contribution >= 0.6 is 11.8 Å². The van der Waals surface area contributed by atoms with Crippen molar-refractivity contribution in [2.45, 2.75) is 38.0 Å². The molecule has 0 radical (unpaired) electrons. The second-order valence-electron chi connectivity index (χ2n) is 6.48. The van der Waals surface area contributed by atoms with Crippen LogP contribution in [0.1, 0.15) is 25.0 Å². The van der Waals surface area contributed by atoms with Crippen molar-refractivity contribution in [3.8, 4) is 0 Å². The number of rotatable bonds is 7. The number of thioether (sulfide) groups is 1. The predicted molar refractivity (Wildman–Crippen MR) is 111 cm³/mol. The van der Waals surface area contributed by atoms with Gasteiger partial charge >= 0.3 is 0 Å². The van der Waals surface area contributed by atoms with Gasteiger partial charge in [-0.05, 0) is 32.4 Å². The van der Waals surface area contributed by atoms with Gasteiger partial charge in [0.1, 0.15) is 6.54 Å². The van der Waals surface area contributed by atoms with Crippen molar-refractivity contribution in [3.63, 3.8) is 0 Å². The van der Waals surface area contributed by atoms with Gasteiger partial charge in [0.25, 0.3) is 0 Å². The third-order valence-corrected chi connectivity index (χ3v) is 5.80. The molecule has 1 heterocycles. The summed E-state index contributed by atoms with van der Waals surface area (Å²) in [5.41, 5.74) is 3.72. The number of nitrogens with zero attached hydrogens (tertiary/aromatic N) is 2. The second-order valence-corrected chi connectivity index (χ2v) is 7.50. The molecule has 0 unspecified atom stereocenters. The van der Waals surface area contributed by atoms with Crippen LogP contribution < -0.4 is 0 Å². The molecule has 1 aromatic heterocycles. The van der Waals surface area contributed by atoms with Crippen molar-refractivity contribution in [3.05, 3.63) is 65.9 Å². The van der Waals surface area contributed by atoms with E-state index in [1.807, 2.05) is 36.6 Å². The zero-order valence-electron chi connectivity index (χ0n) is 15.7. The first-order valence-corrected chi connectivity index (χ1v) is 10.1. The molecule has 26 heavy (non-hydrogen) atoms. The van der Waals surface area contributed by atoms with Gasteiger partial charge in [-0.25, -0.2) is 0 Å².